The minimum Gasteiger partial charge on any atom is -0.273 e. The van der Waals surface area contributed by atoms with Crippen molar-refractivity contribution in [2.24, 2.45) is 10.2 Å². The molecule has 0 aliphatic rings. The second kappa shape index (κ2) is 13.2. The largest absolute Gasteiger partial charge is 0.273 e. The Hall–Kier alpha value is -3.28. The molecule has 0 spiro atoms. The second-order valence-corrected chi connectivity index (χ2v) is 7.77. The molecule has 0 bridgehead atoms. The van der Waals surface area contributed by atoms with E-state index in [0.29, 0.717) is 25.7 Å². The molecule has 2 aromatic rings. The standard InChI is InChI=1S/C26H34N4O2/c1-5-21-11-15-23(16-12-21)19(3)27-29-25(31)9-7-8-10-26(32)30-28-20(4)24-17-13-22(6-2)14-18-24/h11-18H,5-10H2,1-4H3,(H,29,31)(H,30,32)/b27-19-,28-20-. The van der Waals surface area contributed by atoms with E-state index in [9.17, 15) is 9.59 Å². The van der Waals surface area contributed by atoms with Crippen molar-refractivity contribution in [2.45, 2.75) is 66.2 Å². The van der Waals surface area contributed by atoms with Crippen LogP contribution in [-0.2, 0) is 22.4 Å². The average Bonchev–Trinajstić information content (AvgIpc) is 2.83. The lowest BCUT2D eigenvalue weighted by molar-refractivity contribution is -0.123. The number of carbonyl (C=O) groups excluding carboxylic acids is 2. The molecule has 0 aromatic heterocycles. The smallest absolute Gasteiger partial charge is 0.240 e. The first-order valence-corrected chi connectivity index (χ1v) is 11.3. The highest BCUT2D eigenvalue weighted by Gasteiger charge is 2.05. The molecule has 2 N–H and O–H groups in total. The molecule has 0 unspecified atom stereocenters. The summed E-state index contributed by atoms with van der Waals surface area (Å²) in [6, 6.07) is 16.3. The first-order valence-electron chi connectivity index (χ1n) is 11.3. The molecule has 170 valence electrons. The van der Waals surface area contributed by atoms with Gasteiger partial charge in [-0.05, 0) is 61.8 Å². The van der Waals surface area contributed by atoms with Crippen molar-refractivity contribution in [2.75, 3.05) is 0 Å². The second-order valence-electron chi connectivity index (χ2n) is 7.77. The van der Waals surface area contributed by atoms with E-state index in [1.165, 1.54) is 11.1 Å². The summed E-state index contributed by atoms with van der Waals surface area (Å²) in [4.78, 5) is 24.0. The third-order valence-corrected chi connectivity index (χ3v) is 5.31. The van der Waals surface area contributed by atoms with Crippen LogP contribution in [0.5, 0.6) is 0 Å². The molecule has 0 saturated carbocycles. The van der Waals surface area contributed by atoms with Gasteiger partial charge < -0.3 is 0 Å². The molecular weight excluding hydrogens is 400 g/mol. The van der Waals surface area contributed by atoms with Crippen LogP contribution in [0.2, 0.25) is 0 Å². The molecule has 0 atom stereocenters. The zero-order valence-electron chi connectivity index (χ0n) is 19.6. The van der Waals surface area contributed by atoms with Crippen molar-refractivity contribution in [1.82, 2.24) is 10.9 Å². The fourth-order valence-corrected chi connectivity index (χ4v) is 3.07. The van der Waals surface area contributed by atoms with E-state index >= 15 is 0 Å². The summed E-state index contributed by atoms with van der Waals surface area (Å²) in [6.07, 6.45) is 3.85. The molecule has 6 heteroatoms. The molecule has 2 rings (SSSR count). The first-order chi connectivity index (χ1) is 15.4. The van der Waals surface area contributed by atoms with Gasteiger partial charge in [-0.25, -0.2) is 10.9 Å². The summed E-state index contributed by atoms with van der Waals surface area (Å²) in [7, 11) is 0. The number of hydrogen-bond acceptors (Lipinski definition) is 4. The molecule has 6 nitrogen and oxygen atoms in total. The summed E-state index contributed by atoms with van der Waals surface area (Å²) < 4.78 is 0. The fraction of sp³-hybridized carbons (Fsp3) is 0.385. The van der Waals surface area contributed by atoms with Gasteiger partial charge in [-0.1, -0.05) is 62.4 Å². The van der Waals surface area contributed by atoms with Crippen LogP contribution >= 0.6 is 0 Å². The molecule has 0 fully saturated rings. The Morgan fingerprint density at radius 2 is 1.00 bits per heavy atom. The van der Waals surface area contributed by atoms with E-state index in [1.807, 2.05) is 38.1 Å². The number of hydrogen-bond donors (Lipinski definition) is 2. The number of carbonyl (C=O) groups is 2. The first kappa shape index (κ1) is 25.0. The van der Waals surface area contributed by atoms with Gasteiger partial charge in [0, 0.05) is 12.8 Å². The minimum absolute atomic E-state index is 0.153. The lowest BCUT2D eigenvalue weighted by Crippen LogP contribution is -2.20. The molecule has 0 heterocycles. The number of hydrazone groups is 2. The van der Waals surface area contributed by atoms with E-state index in [2.05, 4.69) is 59.2 Å². The summed E-state index contributed by atoms with van der Waals surface area (Å²) in [5, 5.41) is 8.34. The van der Waals surface area contributed by atoms with Gasteiger partial charge >= 0.3 is 0 Å². The monoisotopic (exact) mass is 434 g/mol. The van der Waals surface area contributed by atoms with Crippen LogP contribution in [0, 0.1) is 0 Å². The average molecular weight is 435 g/mol. The third kappa shape index (κ3) is 8.46. The lowest BCUT2D eigenvalue weighted by Gasteiger charge is -2.05. The summed E-state index contributed by atoms with van der Waals surface area (Å²) in [5.41, 5.74) is 11.2. The number of nitrogens with zero attached hydrogens (tertiary/aromatic N) is 2. The van der Waals surface area contributed by atoms with Gasteiger partial charge in [0.15, 0.2) is 0 Å². The number of unbranched alkanes of at least 4 members (excludes halogenated alkanes) is 1. The van der Waals surface area contributed by atoms with Crippen molar-refractivity contribution in [1.29, 1.82) is 0 Å². The Bertz CT molecular complexity index is 865. The van der Waals surface area contributed by atoms with Crippen molar-refractivity contribution in [3.05, 3.63) is 70.8 Å². The summed E-state index contributed by atoms with van der Waals surface area (Å²) in [5.74, 6) is -0.307. The zero-order valence-corrected chi connectivity index (χ0v) is 19.6. The van der Waals surface area contributed by atoms with Crippen molar-refractivity contribution in [3.8, 4) is 0 Å². The SMILES string of the molecule is CCc1ccc(/C(C)=N\NC(=O)CCCCC(=O)N/N=C(/C)c2ccc(CC)cc2)cc1. The number of amides is 2. The highest BCUT2D eigenvalue weighted by Crippen LogP contribution is 2.07. The maximum atomic E-state index is 12.0. The van der Waals surface area contributed by atoms with Crippen LogP contribution in [0.4, 0.5) is 0 Å². The molecule has 32 heavy (non-hydrogen) atoms. The number of nitrogens with one attached hydrogen (secondary N) is 2. The molecule has 0 saturated heterocycles. The van der Waals surface area contributed by atoms with E-state index < -0.39 is 0 Å². The molecule has 0 radical (unpaired) electrons. The third-order valence-electron chi connectivity index (χ3n) is 5.31. The number of benzene rings is 2. The van der Waals surface area contributed by atoms with E-state index in [1.54, 1.807) is 0 Å². The highest BCUT2D eigenvalue weighted by atomic mass is 16.2. The van der Waals surface area contributed by atoms with Crippen molar-refractivity contribution in [3.63, 3.8) is 0 Å². The Morgan fingerprint density at radius 1 is 0.656 bits per heavy atom. The Morgan fingerprint density at radius 3 is 1.31 bits per heavy atom. The molecule has 2 aromatic carbocycles. The normalized spacial score (nSPS) is 11.9. The zero-order chi connectivity index (χ0) is 23.3. The Labute approximate surface area is 191 Å². The number of rotatable bonds is 11. The van der Waals surface area contributed by atoms with Crippen molar-refractivity contribution < 1.29 is 9.59 Å². The van der Waals surface area contributed by atoms with Crippen LogP contribution in [0.25, 0.3) is 0 Å². The van der Waals surface area contributed by atoms with Crippen LogP contribution in [-0.4, -0.2) is 23.2 Å². The lowest BCUT2D eigenvalue weighted by atomic mass is 10.1. The van der Waals surface area contributed by atoms with Crippen molar-refractivity contribution >= 4 is 23.2 Å². The predicted octanol–water partition coefficient (Wildman–Crippen LogP) is 4.75. The van der Waals surface area contributed by atoms with Gasteiger partial charge in [0.25, 0.3) is 0 Å². The maximum absolute atomic E-state index is 12.0. The molecule has 0 aliphatic carbocycles. The van der Waals surface area contributed by atoms with Gasteiger partial charge in [0.05, 0.1) is 11.4 Å². The van der Waals surface area contributed by atoms with Crippen LogP contribution in [0.3, 0.4) is 0 Å². The predicted molar refractivity (Wildman–Crippen MR) is 131 cm³/mol. The fourth-order valence-electron chi connectivity index (χ4n) is 3.07. The number of aryl methyl sites for hydroxylation is 2. The van der Waals surface area contributed by atoms with Gasteiger partial charge in [0.1, 0.15) is 0 Å². The quantitative estimate of drug-likeness (QED) is 0.304. The maximum Gasteiger partial charge on any atom is 0.240 e. The Balaban J connectivity index is 1.67. The highest BCUT2D eigenvalue weighted by molar-refractivity contribution is 5.99. The van der Waals surface area contributed by atoms with Crippen LogP contribution in [0.1, 0.15) is 75.6 Å². The summed E-state index contributed by atoms with van der Waals surface area (Å²) >= 11 is 0. The molecular formula is C26H34N4O2. The van der Waals surface area contributed by atoms with E-state index in [4.69, 9.17) is 0 Å². The van der Waals surface area contributed by atoms with Crippen LogP contribution < -0.4 is 10.9 Å². The molecule has 0 aliphatic heterocycles. The van der Waals surface area contributed by atoms with Crippen LogP contribution in [0.15, 0.2) is 58.7 Å². The van der Waals surface area contributed by atoms with E-state index in [0.717, 1.165) is 35.4 Å². The van der Waals surface area contributed by atoms with E-state index in [-0.39, 0.29) is 11.8 Å². The Kier molecular flexibility index (Phi) is 10.3. The molecule has 2 amide bonds. The summed E-state index contributed by atoms with van der Waals surface area (Å²) in [6.45, 7) is 7.96. The van der Waals surface area contributed by atoms with Gasteiger partial charge in [-0.15, -0.1) is 0 Å². The van der Waals surface area contributed by atoms with Gasteiger partial charge in [-0.3, -0.25) is 9.59 Å². The van der Waals surface area contributed by atoms with Gasteiger partial charge in [0.2, 0.25) is 11.8 Å². The van der Waals surface area contributed by atoms with Gasteiger partial charge in [-0.2, -0.15) is 10.2 Å². The topological polar surface area (TPSA) is 82.9 Å². The minimum atomic E-state index is -0.153.